The van der Waals surface area contributed by atoms with Crippen molar-refractivity contribution in [2.75, 3.05) is 18.8 Å². The Kier molecular flexibility index (Phi) is 7.87. The number of thioether (sulfide) groups is 1. The van der Waals surface area contributed by atoms with E-state index in [1.807, 2.05) is 60.7 Å². The van der Waals surface area contributed by atoms with E-state index < -0.39 is 0 Å². The van der Waals surface area contributed by atoms with Crippen LogP contribution in [-0.4, -0.2) is 30.7 Å². The number of benzene rings is 3. The van der Waals surface area contributed by atoms with Crippen LogP contribution >= 0.6 is 11.8 Å². The van der Waals surface area contributed by atoms with Crippen molar-refractivity contribution in [1.82, 2.24) is 10.6 Å². The first-order valence-corrected chi connectivity index (χ1v) is 10.9. The zero-order valence-corrected chi connectivity index (χ0v) is 17.4. The van der Waals surface area contributed by atoms with Gasteiger partial charge in [0, 0.05) is 18.1 Å². The van der Waals surface area contributed by atoms with Gasteiger partial charge in [-0.15, -0.1) is 0 Å². The van der Waals surface area contributed by atoms with Crippen LogP contribution in [0.2, 0.25) is 0 Å². The molecule has 0 aliphatic carbocycles. The number of nitrogens with one attached hydrogen (secondary N) is 2. The molecule has 2 amide bonds. The predicted molar refractivity (Wildman–Crippen MR) is 121 cm³/mol. The molecular weight excluding hydrogens is 394 g/mol. The molecule has 30 heavy (non-hydrogen) atoms. The molecule has 3 aromatic rings. The molecule has 0 saturated carbocycles. The van der Waals surface area contributed by atoms with Crippen LogP contribution in [0.1, 0.15) is 16.7 Å². The van der Waals surface area contributed by atoms with Crippen LogP contribution in [0.4, 0.5) is 0 Å². The molecule has 0 fully saturated rings. The standard InChI is InChI=1S/C24H23N3O2S/c25-15-20-7-1-2-8-21(20)17-30-13-12-26-24(29)16-27-23(28)14-19-10-5-9-18-6-3-4-11-22(18)19/h1-11H,12-14,16-17H2,(H,26,29)(H,27,28). The Hall–Kier alpha value is -3.30. The molecule has 0 radical (unpaired) electrons. The molecule has 3 rings (SSSR count). The lowest BCUT2D eigenvalue weighted by Gasteiger charge is -2.09. The van der Waals surface area contributed by atoms with Gasteiger partial charge in [-0.05, 0) is 28.0 Å². The van der Waals surface area contributed by atoms with E-state index in [9.17, 15) is 9.59 Å². The summed E-state index contributed by atoms with van der Waals surface area (Å²) in [7, 11) is 0. The Morgan fingerprint density at radius 3 is 2.47 bits per heavy atom. The summed E-state index contributed by atoms with van der Waals surface area (Å²) in [6.45, 7) is 0.475. The highest BCUT2D eigenvalue weighted by Crippen LogP contribution is 2.19. The average molecular weight is 418 g/mol. The van der Waals surface area contributed by atoms with Crippen molar-refractivity contribution in [3.05, 3.63) is 83.4 Å². The molecule has 0 bridgehead atoms. The lowest BCUT2D eigenvalue weighted by atomic mass is 10.0. The highest BCUT2D eigenvalue weighted by atomic mass is 32.2. The van der Waals surface area contributed by atoms with Crippen LogP contribution in [0.5, 0.6) is 0 Å². The van der Waals surface area contributed by atoms with E-state index in [0.29, 0.717) is 12.1 Å². The molecule has 5 nitrogen and oxygen atoms in total. The number of fused-ring (bicyclic) bond motifs is 1. The molecule has 0 aromatic heterocycles. The van der Waals surface area contributed by atoms with Crippen LogP contribution in [0.25, 0.3) is 10.8 Å². The summed E-state index contributed by atoms with van der Waals surface area (Å²) in [5.41, 5.74) is 2.63. The van der Waals surface area contributed by atoms with Gasteiger partial charge in [0.1, 0.15) is 0 Å². The van der Waals surface area contributed by atoms with Gasteiger partial charge in [0.2, 0.25) is 11.8 Å². The second-order valence-corrected chi connectivity index (χ2v) is 7.87. The molecule has 0 saturated heterocycles. The van der Waals surface area contributed by atoms with Gasteiger partial charge in [-0.2, -0.15) is 17.0 Å². The molecule has 6 heteroatoms. The van der Waals surface area contributed by atoms with E-state index in [1.165, 1.54) is 0 Å². The highest BCUT2D eigenvalue weighted by Gasteiger charge is 2.09. The molecule has 0 aliphatic rings. The predicted octanol–water partition coefficient (Wildman–Crippen LogP) is 3.42. The van der Waals surface area contributed by atoms with Gasteiger partial charge in [0.25, 0.3) is 0 Å². The second-order valence-electron chi connectivity index (χ2n) is 6.76. The second kappa shape index (κ2) is 11.0. The van der Waals surface area contributed by atoms with Crippen molar-refractivity contribution < 1.29 is 9.59 Å². The first kappa shape index (κ1) is 21.4. The number of hydrogen-bond donors (Lipinski definition) is 2. The van der Waals surface area contributed by atoms with Gasteiger partial charge in [-0.25, -0.2) is 0 Å². The van der Waals surface area contributed by atoms with Gasteiger partial charge in [0.15, 0.2) is 0 Å². The van der Waals surface area contributed by atoms with E-state index in [0.717, 1.165) is 33.4 Å². The molecule has 0 atom stereocenters. The molecule has 3 aromatic carbocycles. The van der Waals surface area contributed by atoms with Crippen LogP contribution in [0.15, 0.2) is 66.7 Å². The molecule has 2 N–H and O–H groups in total. The summed E-state index contributed by atoms with van der Waals surface area (Å²) in [5.74, 6) is 1.07. The van der Waals surface area contributed by atoms with Crippen LogP contribution < -0.4 is 10.6 Å². The Bertz CT molecular complexity index is 1070. The minimum atomic E-state index is -0.209. The number of nitriles is 1. The number of carbonyl (C=O) groups is 2. The molecule has 152 valence electrons. The van der Waals surface area contributed by atoms with Crippen LogP contribution in [0, 0.1) is 11.3 Å². The molecule has 0 aliphatic heterocycles. The zero-order valence-electron chi connectivity index (χ0n) is 16.6. The fraction of sp³-hybridized carbons (Fsp3) is 0.208. The van der Waals surface area contributed by atoms with Crippen LogP contribution in [-0.2, 0) is 21.8 Å². The monoisotopic (exact) mass is 417 g/mol. The SMILES string of the molecule is N#Cc1ccccc1CSCCNC(=O)CNC(=O)Cc1cccc2ccccc12. The summed E-state index contributed by atoms with van der Waals surface area (Å²) in [4.78, 5) is 24.2. The lowest BCUT2D eigenvalue weighted by Crippen LogP contribution is -2.38. The summed E-state index contributed by atoms with van der Waals surface area (Å²) in [5, 5.41) is 16.7. The van der Waals surface area contributed by atoms with Crippen molar-refractivity contribution in [3.63, 3.8) is 0 Å². The number of amides is 2. The number of carbonyl (C=O) groups excluding carboxylic acids is 2. The zero-order chi connectivity index (χ0) is 21.2. The van der Waals surface area contributed by atoms with E-state index in [4.69, 9.17) is 5.26 Å². The first-order valence-electron chi connectivity index (χ1n) is 9.73. The summed E-state index contributed by atoms with van der Waals surface area (Å²) in [6, 6.07) is 23.5. The maximum Gasteiger partial charge on any atom is 0.239 e. The maximum atomic E-state index is 12.2. The van der Waals surface area contributed by atoms with Crippen molar-refractivity contribution in [1.29, 1.82) is 5.26 Å². The fourth-order valence-electron chi connectivity index (χ4n) is 3.12. The highest BCUT2D eigenvalue weighted by molar-refractivity contribution is 7.98. The number of nitrogens with zero attached hydrogens (tertiary/aromatic N) is 1. The molecule has 0 spiro atoms. The van der Waals surface area contributed by atoms with Crippen molar-refractivity contribution >= 4 is 34.3 Å². The average Bonchev–Trinajstić information content (AvgIpc) is 2.78. The lowest BCUT2D eigenvalue weighted by molar-refractivity contribution is -0.125. The van der Waals surface area contributed by atoms with Gasteiger partial charge in [-0.3, -0.25) is 9.59 Å². The fourth-order valence-corrected chi connectivity index (χ4v) is 3.99. The third-order valence-electron chi connectivity index (χ3n) is 4.64. The third kappa shape index (κ3) is 6.10. The first-order chi connectivity index (χ1) is 14.7. The molecule has 0 heterocycles. The topological polar surface area (TPSA) is 82.0 Å². The van der Waals surface area contributed by atoms with Gasteiger partial charge in [-0.1, -0.05) is 60.7 Å². The number of rotatable bonds is 9. The Morgan fingerprint density at radius 1 is 0.867 bits per heavy atom. The van der Waals surface area contributed by atoms with Crippen molar-refractivity contribution in [2.24, 2.45) is 0 Å². The molecular formula is C24H23N3O2S. The minimum absolute atomic E-state index is 0.0362. The van der Waals surface area contributed by atoms with Crippen molar-refractivity contribution in [2.45, 2.75) is 12.2 Å². The Labute approximate surface area is 180 Å². The quantitative estimate of drug-likeness (QED) is 0.523. The largest absolute Gasteiger partial charge is 0.354 e. The van der Waals surface area contributed by atoms with E-state index >= 15 is 0 Å². The van der Waals surface area contributed by atoms with E-state index in [1.54, 1.807) is 17.8 Å². The van der Waals surface area contributed by atoms with Gasteiger partial charge < -0.3 is 10.6 Å². The Morgan fingerprint density at radius 2 is 1.60 bits per heavy atom. The third-order valence-corrected chi connectivity index (χ3v) is 5.65. The smallest absolute Gasteiger partial charge is 0.239 e. The molecule has 0 unspecified atom stereocenters. The van der Waals surface area contributed by atoms with Crippen molar-refractivity contribution in [3.8, 4) is 6.07 Å². The summed E-state index contributed by atoms with van der Waals surface area (Å²) >= 11 is 1.65. The Balaban J connectivity index is 1.35. The van der Waals surface area contributed by atoms with E-state index in [-0.39, 0.29) is 24.8 Å². The summed E-state index contributed by atoms with van der Waals surface area (Å²) in [6.07, 6.45) is 0.239. The number of hydrogen-bond acceptors (Lipinski definition) is 4. The van der Waals surface area contributed by atoms with Gasteiger partial charge in [0.05, 0.1) is 24.6 Å². The normalized spacial score (nSPS) is 10.4. The summed E-state index contributed by atoms with van der Waals surface area (Å²) < 4.78 is 0. The van der Waals surface area contributed by atoms with Crippen LogP contribution in [0.3, 0.4) is 0 Å². The van der Waals surface area contributed by atoms with Gasteiger partial charge >= 0.3 is 0 Å². The maximum absolute atomic E-state index is 12.2. The van der Waals surface area contributed by atoms with E-state index in [2.05, 4.69) is 16.7 Å². The minimum Gasteiger partial charge on any atom is -0.354 e.